The average Bonchev–Trinajstić information content (AvgIpc) is 2.44. The van der Waals surface area contributed by atoms with Crippen LogP contribution in [0.2, 0.25) is 0 Å². The van der Waals surface area contributed by atoms with Crippen LogP contribution in [-0.2, 0) is 11.2 Å². The highest BCUT2D eigenvalue weighted by molar-refractivity contribution is 5.79. The molecule has 1 aliphatic rings. The van der Waals surface area contributed by atoms with Crippen molar-refractivity contribution in [1.82, 2.24) is 10.6 Å². The van der Waals surface area contributed by atoms with Crippen molar-refractivity contribution in [3.8, 4) is 0 Å². The van der Waals surface area contributed by atoms with Crippen LogP contribution in [-0.4, -0.2) is 24.5 Å². The Kier molecular flexibility index (Phi) is 5.60. The van der Waals surface area contributed by atoms with Gasteiger partial charge in [-0.1, -0.05) is 31.2 Å². The third-order valence-corrected chi connectivity index (χ3v) is 4.20. The summed E-state index contributed by atoms with van der Waals surface area (Å²) in [5.74, 6) is 0.159. The van der Waals surface area contributed by atoms with Crippen LogP contribution in [0.15, 0.2) is 24.3 Å². The zero-order valence-electron chi connectivity index (χ0n) is 12.6. The number of hydrogen-bond acceptors (Lipinski definition) is 2. The number of carbonyl (C=O) groups excluding carboxylic acids is 1. The van der Waals surface area contributed by atoms with Crippen molar-refractivity contribution in [2.75, 3.05) is 6.54 Å². The first-order valence-electron chi connectivity index (χ1n) is 7.76. The second-order valence-electron chi connectivity index (χ2n) is 5.78. The van der Waals surface area contributed by atoms with Crippen molar-refractivity contribution in [3.05, 3.63) is 35.4 Å². The molecule has 3 heteroatoms. The summed E-state index contributed by atoms with van der Waals surface area (Å²) in [4.78, 5) is 12.1. The number of rotatable bonds is 5. The lowest BCUT2D eigenvalue weighted by molar-refractivity contribution is -0.121. The number of hydrogen-bond donors (Lipinski definition) is 2. The maximum Gasteiger partial charge on any atom is 0.224 e. The summed E-state index contributed by atoms with van der Waals surface area (Å²) in [6, 6.07) is 9.11. The summed E-state index contributed by atoms with van der Waals surface area (Å²) in [6.07, 6.45) is 5.03. The van der Waals surface area contributed by atoms with Crippen molar-refractivity contribution < 1.29 is 4.79 Å². The molecule has 1 aromatic rings. The summed E-state index contributed by atoms with van der Waals surface area (Å²) >= 11 is 0. The van der Waals surface area contributed by atoms with E-state index in [1.807, 2.05) is 18.2 Å². The summed E-state index contributed by atoms with van der Waals surface area (Å²) in [6.45, 7) is 5.25. The fourth-order valence-corrected chi connectivity index (χ4v) is 2.99. The van der Waals surface area contributed by atoms with Gasteiger partial charge >= 0.3 is 0 Å². The first-order valence-corrected chi connectivity index (χ1v) is 7.76. The van der Waals surface area contributed by atoms with Crippen molar-refractivity contribution in [2.45, 2.75) is 58.0 Å². The van der Waals surface area contributed by atoms with Crippen LogP contribution >= 0.6 is 0 Å². The maximum absolute atomic E-state index is 12.1. The second-order valence-corrected chi connectivity index (χ2v) is 5.78. The van der Waals surface area contributed by atoms with Crippen molar-refractivity contribution in [1.29, 1.82) is 0 Å². The molecule has 110 valence electrons. The predicted octanol–water partition coefficient (Wildman–Crippen LogP) is 2.57. The van der Waals surface area contributed by atoms with Gasteiger partial charge < -0.3 is 10.6 Å². The van der Waals surface area contributed by atoms with Gasteiger partial charge in [-0.25, -0.2) is 0 Å². The Morgan fingerprint density at radius 3 is 2.45 bits per heavy atom. The molecule has 1 fully saturated rings. The first kappa shape index (κ1) is 15.0. The SMILES string of the molecule is CCNC1CCC(NC(=O)Cc2ccccc2C)CC1. The van der Waals surface area contributed by atoms with E-state index < -0.39 is 0 Å². The van der Waals surface area contributed by atoms with E-state index in [-0.39, 0.29) is 5.91 Å². The van der Waals surface area contributed by atoms with E-state index in [0.29, 0.717) is 18.5 Å². The molecule has 0 radical (unpaired) electrons. The Morgan fingerprint density at radius 2 is 1.80 bits per heavy atom. The normalized spacial score (nSPS) is 22.5. The highest BCUT2D eigenvalue weighted by atomic mass is 16.1. The molecule has 2 N–H and O–H groups in total. The van der Waals surface area contributed by atoms with Gasteiger partial charge in [0.2, 0.25) is 5.91 Å². The molecule has 0 heterocycles. The van der Waals surface area contributed by atoms with Gasteiger partial charge in [-0.2, -0.15) is 0 Å². The van der Waals surface area contributed by atoms with Gasteiger partial charge in [-0.15, -0.1) is 0 Å². The molecule has 1 aromatic carbocycles. The standard InChI is InChI=1S/C17H26N2O/c1-3-18-15-8-10-16(11-9-15)19-17(20)12-14-7-5-4-6-13(14)2/h4-7,15-16,18H,3,8-12H2,1-2H3,(H,19,20). The molecular formula is C17H26N2O. The summed E-state index contributed by atoms with van der Waals surface area (Å²) < 4.78 is 0. The monoisotopic (exact) mass is 274 g/mol. The van der Waals surface area contributed by atoms with Crippen LogP contribution < -0.4 is 10.6 Å². The minimum Gasteiger partial charge on any atom is -0.353 e. The van der Waals surface area contributed by atoms with Crippen LogP contribution in [0.4, 0.5) is 0 Å². The van der Waals surface area contributed by atoms with E-state index in [0.717, 1.165) is 24.9 Å². The lowest BCUT2D eigenvalue weighted by atomic mass is 9.91. The lowest BCUT2D eigenvalue weighted by Crippen LogP contribution is -2.42. The van der Waals surface area contributed by atoms with E-state index in [2.05, 4.69) is 30.5 Å². The molecule has 0 aliphatic heterocycles. The Labute approximate surface area is 122 Å². The maximum atomic E-state index is 12.1. The molecule has 0 aromatic heterocycles. The van der Waals surface area contributed by atoms with E-state index in [1.165, 1.54) is 18.4 Å². The Bertz CT molecular complexity index is 436. The lowest BCUT2D eigenvalue weighted by Gasteiger charge is -2.29. The molecule has 1 amide bonds. The molecule has 1 aliphatic carbocycles. The van der Waals surface area contributed by atoms with Crippen LogP contribution in [0.5, 0.6) is 0 Å². The number of nitrogens with one attached hydrogen (secondary N) is 2. The smallest absolute Gasteiger partial charge is 0.224 e. The summed E-state index contributed by atoms with van der Waals surface area (Å²) in [5.41, 5.74) is 2.32. The number of carbonyl (C=O) groups is 1. The van der Waals surface area contributed by atoms with Gasteiger partial charge in [0.1, 0.15) is 0 Å². The number of amides is 1. The highest BCUT2D eigenvalue weighted by Gasteiger charge is 2.21. The van der Waals surface area contributed by atoms with Gasteiger partial charge in [-0.05, 0) is 50.3 Å². The van der Waals surface area contributed by atoms with Crippen LogP contribution in [0.1, 0.15) is 43.7 Å². The molecule has 20 heavy (non-hydrogen) atoms. The minimum absolute atomic E-state index is 0.159. The van der Waals surface area contributed by atoms with Crippen LogP contribution in [0.25, 0.3) is 0 Å². The van der Waals surface area contributed by atoms with Gasteiger partial charge in [0, 0.05) is 12.1 Å². The predicted molar refractivity (Wildman–Crippen MR) is 82.7 cm³/mol. The van der Waals surface area contributed by atoms with Crippen molar-refractivity contribution >= 4 is 5.91 Å². The van der Waals surface area contributed by atoms with Crippen LogP contribution in [0, 0.1) is 6.92 Å². The quantitative estimate of drug-likeness (QED) is 0.866. The van der Waals surface area contributed by atoms with Gasteiger partial charge in [-0.3, -0.25) is 4.79 Å². The molecule has 0 spiro atoms. The zero-order chi connectivity index (χ0) is 14.4. The number of benzene rings is 1. The Morgan fingerprint density at radius 1 is 1.15 bits per heavy atom. The molecule has 0 saturated heterocycles. The summed E-state index contributed by atoms with van der Waals surface area (Å²) in [5, 5.41) is 6.68. The van der Waals surface area contributed by atoms with Crippen molar-refractivity contribution in [2.24, 2.45) is 0 Å². The second kappa shape index (κ2) is 7.44. The molecule has 3 nitrogen and oxygen atoms in total. The van der Waals surface area contributed by atoms with Crippen molar-refractivity contribution in [3.63, 3.8) is 0 Å². The van der Waals surface area contributed by atoms with E-state index in [1.54, 1.807) is 0 Å². The van der Waals surface area contributed by atoms with Crippen LogP contribution in [0.3, 0.4) is 0 Å². The molecule has 0 bridgehead atoms. The average molecular weight is 274 g/mol. The molecule has 1 saturated carbocycles. The molecule has 0 unspecified atom stereocenters. The van der Waals surface area contributed by atoms with Gasteiger partial charge in [0.15, 0.2) is 0 Å². The fourth-order valence-electron chi connectivity index (χ4n) is 2.99. The highest BCUT2D eigenvalue weighted by Crippen LogP contribution is 2.18. The minimum atomic E-state index is 0.159. The Balaban J connectivity index is 1.77. The largest absolute Gasteiger partial charge is 0.353 e. The van der Waals surface area contributed by atoms with Gasteiger partial charge in [0.25, 0.3) is 0 Å². The third-order valence-electron chi connectivity index (χ3n) is 4.20. The topological polar surface area (TPSA) is 41.1 Å². The summed E-state index contributed by atoms with van der Waals surface area (Å²) in [7, 11) is 0. The molecule has 2 rings (SSSR count). The third kappa shape index (κ3) is 4.34. The van der Waals surface area contributed by atoms with Gasteiger partial charge in [0.05, 0.1) is 6.42 Å². The number of aryl methyl sites for hydroxylation is 1. The fraction of sp³-hybridized carbons (Fsp3) is 0.588. The molecular weight excluding hydrogens is 248 g/mol. The molecule has 0 atom stereocenters. The van der Waals surface area contributed by atoms with E-state index in [9.17, 15) is 4.79 Å². The first-order chi connectivity index (χ1) is 9.69. The Hall–Kier alpha value is -1.35. The van der Waals surface area contributed by atoms with E-state index >= 15 is 0 Å². The zero-order valence-corrected chi connectivity index (χ0v) is 12.6. The van der Waals surface area contributed by atoms with E-state index in [4.69, 9.17) is 0 Å².